The predicted molar refractivity (Wildman–Crippen MR) is 81.6 cm³/mol. The van der Waals surface area contributed by atoms with Crippen molar-refractivity contribution in [2.24, 2.45) is 0 Å². The van der Waals surface area contributed by atoms with Crippen LogP contribution in [0.25, 0.3) is 0 Å². The van der Waals surface area contributed by atoms with Gasteiger partial charge in [0.05, 0.1) is 23.0 Å². The van der Waals surface area contributed by atoms with E-state index in [0.717, 1.165) is 12.8 Å². The predicted octanol–water partition coefficient (Wildman–Crippen LogP) is 2.26. The minimum absolute atomic E-state index is 0.157. The number of nitrogens with one attached hydrogen (secondary N) is 1. The summed E-state index contributed by atoms with van der Waals surface area (Å²) in [5, 5.41) is 24.3. The van der Waals surface area contributed by atoms with E-state index < -0.39 is 0 Å². The molecule has 3 rings (SSSR count). The zero-order valence-corrected chi connectivity index (χ0v) is 12.9. The fraction of sp³-hybridized carbons (Fsp3) is 0.308. The van der Waals surface area contributed by atoms with Crippen molar-refractivity contribution in [2.45, 2.75) is 24.0 Å². The van der Waals surface area contributed by atoms with Crippen molar-refractivity contribution in [3.05, 3.63) is 28.8 Å². The Hall–Kier alpha value is -2.11. The highest BCUT2D eigenvalue weighted by atomic mass is 35.5. The van der Waals surface area contributed by atoms with Gasteiger partial charge in [-0.2, -0.15) is 5.26 Å². The molecule has 0 spiro atoms. The van der Waals surface area contributed by atoms with Crippen LogP contribution < -0.4 is 5.32 Å². The molecule has 0 radical (unpaired) electrons. The lowest BCUT2D eigenvalue weighted by atomic mass is 10.2. The van der Waals surface area contributed by atoms with E-state index in [1.807, 2.05) is 6.07 Å². The van der Waals surface area contributed by atoms with Crippen molar-refractivity contribution in [1.29, 1.82) is 5.26 Å². The summed E-state index contributed by atoms with van der Waals surface area (Å²) >= 11 is 7.15. The van der Waals surface area contributed by atoms with E-state index >= 15 is 0 Å². The number of halogens is 1. The van der Waals surface area contributed by atoms with Crippen LogP contribution >= 0.6 is 23.4 Å². The largest absolute Gasteiger partial charge is 0.324 e. The Morgan fingerprint density at radius 2 is 2.36 bits per heavy atom. The maximum Gasteiger partial charge on any atom is 0.234 e. The van der Waals surface area contributed by atoms with Gasteiger partial charge in [-0.05, 0) is 41.5 Å². The summed E-state index contributed by atoms with van der Waals surface area (Å²) in [6.07, 6.45) is 2.14. The summed E-state index contributed by atoms with van der Waals surface area (Å²) in [7, 11) is 0. The fourth-order valence-electron chi connectivity index (χ4n) is 1.86. The molecule has 0 aliphatic heterocycles. The van der Waals surface area contributed by atoms with Gasteiger partial charge in [-0.3, -0.25) is 4.79 Å². The third-order valence-electron chi connectivity index (χ3n) is 3.06. The second kappa shape index (κ2) is 6.34. The van der Waals surface area contributed by atoms with Crippen LogP contribution in [0.15, 0.2) is 23.4 Å². The van der Waals surface area contributed by atoms with Gasteiger partial charge in [0.2, 0.25) is 11.1 Å². The standard InChI is InChI=1S/C13H11ClN6OS/c14-9-2-1-8(6-15)11(5-9)16-12(21)7-22-13-17-18-19-20(13)10-3-4-10/h1-2,5,10H,3-4,7H2,(H,16,21). The zero-order chi connectivity index (χ0) is 15.5. The molecule has 0 saturated heterocycles. The van der Waals surface area contributed by atoms with Gasteiger partial charge in [-0.1, -0.05) is 23.4 Å². The van der Waals surface area contributed by atoms with Crippen molar-refractivity contribution >= 4 is 35.0 Å². The third kappa shape index (κ3) is 3.37. The van der Waals surface area contributed by atoms with E-state index in [0.29, 0.717) is 27.5 Å². The highest BCUT2D eigenvalue weighted by Crippen LogP contribution is 2.36. The van der Waals surface area contributed by atoms with Crippen LogP contribution in [-0.2, 0) is 4.79 Å². The number of carbonyl (C=O) groups is 1. The van der Waals surface area contributed by atoms with Crippen LogP contribution in [0.3, 0.4) is 0 Å². The molecule has 1 aliphatic rings. The molecule has 112 valence electrons. The normalized spacial score (nSPS) is 13.6. The molecule has 2 aromatic rings. The van der Waals surface area contributed by atoms with Gasteiger partial charge in [0.1, 0.15) is 6.07 Å². The lowest BCUT2D eigenvalue weighted by molar-refractivity contribution is -0.113. The summed E-state index contributed by atoms with van der Waals surface area (Å²) in [4.78, 5) is 12.0. The monoisotopic (exact) mass is 334 g/mol. The number of thioether (sulfide) groups is 1. The van der Waals surface area contributed by atoms with Crippen molar-refractivity contribution in [3.63, 3.8) is 0 Å². The first-order valence-electron chi connectivity index (χ1n) is 6.57. The number of amides is 1. The van der Waals surface area contributed by atoms with E-state index in [1.165, 1.54) is 11.8 Å². The first-order chi connectivity index (χ1) is 10.7. The molecule has 1 N–H and O–H groups in total. The summed E-state index contributed by atoms with van der Waals surface area (Å²) in [5.74, 6) is -0.0843. The maximum absolute atomic E-state index is 12.0. The van der Waals surface area contributed by atoms with Crippen LogP contribution in [0.4, 0.5) is 5.69 Å². The Balaban J connectivity index is 1.62. The zero-order valence-electron chi connectivity index (χ0n) is 11.4. The minimum Gasteiger partial charge on any atom is -0.324 e. The summed E-state index contributed by atoms with van der Waals surface area (Å²) in [5.41, 5.74) is 0.771. The van der Waals surface area contributed by atoms with Gasteiger partial charge in [0, 0.05) is 5.02 Å². The number of nitriles is 1. The molecule has 1 fully saturated rings. The van der Waals surface area contributed by atoms with E-state index in [4.69, 9.17) is 16.9 Å². The van der Waals surface area contributed by atoms with Crippen LogP contribution in [0, 0.1) is 11.3 Å². The SMILES string of the molecule is N#Cc1ccc(Cl)cc1NC(=O)CSc1nnnn1C1CC1. The number of tetrazole rings is 1. The van der Waals surface area contributed by atoms with Gasteiger partial charge in [0.25, 0.3) is 0 Å². The second-order valence-electron chi connectivity index (χ2n) is 4.78. The average molecular weight is 335 g/mol. The summed E-state index contributed by atoms with van der Waals surface area (Å²) in [6, 6.07) is 7.10. The molecule has 1 aromatic heterocycles. The smallest absolute Gasteiger partial charge is 0.234 e. The number of carbonyl (C=O) groups excluding carboxylic acids is 1. The second-order valence-corrected chi connectivity index (χ2v) is 6.15. The van der Waals surface area contributed by atoms with Crippen molar-refractivity contribution < 1.29 is 4.79 Å². The van der Waals surface area contributed by atoms with Crippen molar-refractivity contribution in [2.75, 3.05) is 11.1 Å². The third-order valence-corrected chi connectivity index (χ3v) is 4.23. The van der Waals surface area contributed by atoms with Gasteiger partial charge >= 0.3 is 0 Å². The quantitative estimate of drug-likeness (QED) is 0.842. The number of benzene rings is 1. The number of hydrogen-bond acceptors (Lipinski definition) is 6. The molecule has 22 heavy (non-hydrogen) atoms. The van der Waals surface area contributed by atoms with Gasteiger partial charge < -0.3 is 5.32 Å². The van der Waals surface area contributed by atoms with E-state index in [9.17, 15) is 4.79 Å². The van der Waals surface area contributed by atoms with Gasteiger partial charge in [-0.15, -0.1) is 5.10 Å². The molecule has 1 saturated carbocycles. The molecule has 0 unspecified atom stereocenters. The van der Waals surface area contributed by atoms with Crippen molar-refractivity contribution in [3.8, 4) is 6.07 Å². The fourth-order valence-corrected chi connectivity index (χ4v) is 2.78. The maximum atomic E-state index is 12.0. The molecular formula is C13H11ClN6OS. The molecule has 7 nitrogen and oxygen atoms in total. The Labute approximate surface area is 135 Å². The Morgan fingerprint density at radius 1 is 1.55 bits per heavy atom. The molecule has 9 heteroatoms. The number of rotatable bonds is 5. The first-order valence-corrected chi connectivity index (χ1v) is 7.94. The van der Waals surface area contributed by atoms with E-state index in [1.54, 1.807) is 22.9 Å². The number of aromatic nitrogens is 4. The number of nitrogens with zero attached hydrogens (tertiary/aromatic N) is 5. The Kier molecular flexibility index (Phi) is 4.27. The topological polar surface area (TPSA) is 96.5 Å². The number of anilines is 1. The molecule has 0 atom stereocenters. The minimum atomic E-state index is -0.242. The molecule has 1 aromatic carbocycles. The molecule has 0 bridgehead atoms. The molecule has 1 aliphatic carbocycles. The highest BCUT2D eigenvalue weighted by Gasteiger charge is 2.28. The van der Waals surface area contributed by atoms with Gasteiger partial charge in [0.15, 0.2) is 0 Å². The van der Waals surface area contributed by atoms with Gasteiger partial charge in [-0.25, -0.2) is 4.68 Å². The van der Waals surface area contributed by atoms with E-state index in [-0.39, 0.29) is 11.7 Å². The first kappa shape index (κ1) is 14.8. The molecule has 1 amide bonds. The van der Waals surface area contributed by atoms with Crippen LogP contribution in [0.1, 0.15) is 24.4 Å². The van der Waals surface area contributed by atoms with Crippen LogP contribution in [0.5, 0.6) is 0 Å². The lowest BCUT2D eigenvalue weighted by Crippen LogP contribution is -2.15. The Morgan fingerprint density at radius 3 is 3.09 bits per heavy atom. The molecular weight excluding hydrogens is 324 g/mol. The van der Waals surface area contributed by atoms with Crippen LogP contribution in [0.2, 0.25) is 5.02 Å². The summed E-state index contributed by atoms with van der Waals surface area (Å²) in [6.45, 7) is 0. The lowest BCUT2D eigenvalue weighted by Gasteiger charge is -2.07. The van der Waals surface area contributed by atoms with Crippen molar-refractivity contribution in [1.82, 2.24) is 20.2 Å². The average Bonchev–Trinajstić information content (AvgIpc) is 3.24. The molecule has 1 heterocycles. The number of hydrogen-bond donors (Lipinski definition) is 1. The van der Waals surface area contributed by atoms with E-state index in [2.05, 4.69) is 20.8 Å². The highest BCUT2D eigenvalue weighted by molar-refractivity contribution is 7.99. The van der Waals surface area contributed by atoms with Crippen LogP contribution in [-0.4, -0.2) is 31.9 Å². The Bertz CT molecular complexity index is 751. The summed E-state index contributed by atoms with van der Waals surface area (Å²) < 4.78 is 1.75.